The number of fused-ring (bicyclic) bond motifs is 1. The van der Waals surface area contributed by atoms with Crippen molar-refractivity contribution in [2.24, 2.45) is 0 Å². The average molecular weight is 441 g/mol. The zero-order valence-corrected chi connectivity index (χ0v) is 19.0. The summed E-state index contributed by atoms with van der Waals surface area (Å²) in [5.74, 6) is 0.0959. The summed E-state index contributed by atoms with van der Waals surface area (Å²) in [5, 5.41) is 3.70. The number of para-hydroxylation sites is 2. The smallest absolute Gasteiger partial charge is 0.258 e. The molecule has 170 valence electrons. The first-order valence-corrected chi connectivity index (χ1v) is 12.0. The number of nitrogen functional groups attached to an aromatic ring is 1. The number of hydrogen-bond donors (Lipinski definition) is 2. The monoisotopic (exact) mass is 440 g/mol. The summed E-state index contributed by atoms with van der Waals surface area (Å²) < 4.78 is 0. The topological polar surface area (TPSA) is 61.6 Å². The molecule has 3 aromatic carbocycles. The molecule has 2 heterocycles. The highest BCUT2D eigenvalue weighted by Crippen LogP contribution is 2.30. The van der Waals surface area contributed by atoms with Gasteiger partial charge in [-0.25, -0.2) is 0 Å². The van der Waals surface area contributed by atoms with Gasteiger partial charge in [-0.05, 0) is 73.7 Å². The Balaban J connectivity index is 1.16. The van der Waals surface area contributed by atoms with Gasteiger partial charge in [-0.2, -0.15) is 0 Å². The molecule has 0 aliphatic carbocycles. The van der Waals surface area contributed by atoms with Crippen LogP contribution in [0.4, 0.5) is 17.1 Å². The third-order valence-electron chi connectivity index (χ3n) is 6.97. The predicted molar refractivity (Wildman–Crippen MR) is 136 cm³/mol. The molecule has 0 unspecified atom stereocenters. The first-order valence-electron chi connectivity index (χ1n) is 12.0. The highest BCUT2D eigenvalue weighted by Gasteiger charge is 2.26. The molecular weight excluding hydrogens is 408 g/mol. The van der Waals surface area contributed by atoms with Gasteiger partial charge in [0.05, 0.1) is 0 Å². The summed E-state index contributed by atoms with van der Waals surface area (Å²) in [7, 11) is 0. The Morgan fingerprint density at radius 3 is 2.58 bits per heavy atom. The van der Waals surface area contributed by atoms with Crippen LogP contribution in [-0.2, 0) is 12.8 Å². The second-order valence-corrected chi connectivity index (χ2v) is 9.05. The largest absolute Gasteiger partial charge is 0.399 e. The maximum absolute atomic E-state index is 13.2. The normalized spacial score (nSPS) is 16.1. The average Bonchev–Trinajstić information content (AvgIpc) is 3.29. The Bertz CT molecular complexity index is 1120. The molecule has 5 nitrogen and oxygen atoms in total. The van der Waals surface area contributed by atoms with Gasteiger partial charge in [-0.1, -0.05) is 42.5 Å². The molecule has 1 amide bonds. The number of amides is 1. The third kappa shape index (κ3) is 4.74. The number of hydrogen-bond acceptors (Lipinski definition) is 4. The van der Waals surface area contributed by atoms with Crippen molar-refractivity contribution in [3.8, 4) is 0 Å². The number of nitrogens with two attached hydrogens (primary N) is 1. The summed E-state index contributed by atoms with van der Waals surface area (Å²) in [6.07, 6.45) is 4.08. The standard InChI is InChI=1S/C28H32N4O/c29-26-10-3-1-6-21(26)12-16-30-24-14-17-31(18-15-24)25-9-5-8-23(20-25)28(33)32-19-13-22-7-2-4-11-27(22)32/h1-11,20,24,30H,12-19,29H2. The molecule has 3 aromatic rings. The minimum Gasteiger partial charge on any atom is -0.399 e. The van der Waals surface area contributed by atoms with E-state index < -0.39 is 0 Å². The van der Waals surface area contributed by atoms with E-state index >= 15 is 0 Å². The predicted octanol–water partition coefficient (Wildman–Crippen LogP) is 4.27. The summed E-state index contributed by atoms with van der Waals surface area (Å²) in [6.45, 7) is 3.69. The van der Waals surface area contributed by atoms with Crippen LogP contribution >= 0.6 is 0 Å². The van der Waals surface area contributed by atoms with E-state index in [1.165, 1.54) is 11.1 Å². The van der Waals surface area contributed by atoms with Crippen molar-refractivity contribution in [3.63, 3.8) is 0 Å². The summed E-state index contributed by atoms with van der Waals surface area (Å²) >= 11 is 0. The van der Waals surface area contributed by atoms with Crippen molar-refractivity contribution in [3.05, 3.63) is 89.5 Å². The van der Waals surface area contributed by atoms with Crippen LogP contribution in [0, 0.1) is 0 Å². The van der Waals surface area contributed by atoms with Crippen molar-refractivity contribution >= 4 is 23.0 Å². The quantitative estimate of drug-likeness (QED) is 0.562. The first kappa shape index (κ1) is 21.5. The Morgan fingerprint density at radius 2 is 1.73 bits per heavy atom. The maximum Gasteiger partial charge on any atom is 0.258 e. The molecule has 1 fully saturated rings. The number of nitrogens with zero attached hydrogens (tertiary/aromatic N) is 2. The Labute approximate surface area is 196 Å². The number of carbonyl (C=O) groups excluding carboxylic acids is 1. The Morgan fingerprint density at radius 1 is 0.939 bits per heavy atom. The molecule has 33 heavy (non-hydrogen) atoms. The summed E-state index contributed by atoms with van der Waals surface area (Å²) in [5.41, 5.74) is 12.4. The molecular formula is C28H32N4O. The highest BCUT2D eigenvalue weighted by molar-refractivity contribution is 6.07. The SMILES string of the molecule is Nc1ccccc1CCNC1CCN(c2cccc(C(=O)N3CCc4ccccc43)c2)CC1. The lowest BCUT2D eigenvalue weighted by Crippen LogP contribution is -2.43. The van der Waals surface area contributed by atoms with Gasteiger partial charge in [0.25, 0.3) is 5.91 Å². The lowest BCUT2D eigenvalue weighted by molar-refractivity contribution is 0.0989. The van der Waals surface area contributed by atoms with Gasteiger partial charge in [0.2, 0.25) is 0 Å². The minimum atomic E-state index is 0.0959. The Kier molecular flexibility index (Phi) is 6.31. The second kappa shape index (κ2) is 9.67. The van der Waals surface area contributed by atoms with Crippen molar-refractivity contribution < 1.29 is 4.79 Å². The van der Waals surface area contributed by atoms with Crippen LogP contribution < -0.4 is 20.9 Å². The first-order chi connectivity index (χ1) is 16.2. The molecule has 0 saturated carbocycles. The second-order valence-electron chi connectivity index (χ2n) is 9.05. The summed E-state index contributed by atoms with van der Waals surface area (Å²) in [6, 6.07) is 25.0. The number of nitrogens with one attached hydrogen (secondary N) is 1. The molecule has 1 saturated heterocycles. The van der Waals surface area contributed by atoms with E-state index in [0.29, 0.717) is 6.04 Å². The molecule has 5 heteroatoms. The minimum absolute atomic E-state index is 0.0959. The molecule has 0 aromatic heterocycles. The lowest BCUT2D eigenvalue weighted by Gasteiger charge is -2.34. The van der Waals surface area contributed by atoms with Crippen LogP contribution in [0.25, 0.3) is 0 Å². The fourth-order valence-corrected chi connectivity index (χ4v) is 5.06. The van der Waals surface area contributed by atoms with E-state index in [1.807, 2.05) is 53.4 Å². The Hall–Kier alpha value is -3.31. The molecule has 5 rings (SSSR count). The van der Waals surface area contributed by atoms with Gasteiger partial charge in [-0.3, -0.25) is 4.79 Å². The van der Waals surface area contributed by atoms with Gasteiger partial charge in [0.1, 0.15) is 0 Å². The summed E-state index contributed by atoms with van der Waals surface area (Å²) in [4.78, 5) is 17.6. The number of rotatable bonds is 6. The molecule has 0 radical (unpaired) electrons. The van der Waals surface area contributed by atoms with Gasteiger partial charge in [0, 0.05) is 48.3 Å². The van der Waals surface area contributed by atoms with Gasteiger partial charge < -0.3 is 20.9 Å². The van der Waals surface area contributed by atoms with Crippen molar-refractivity contribution in [1.82, 2.24) is 5.32 Å². The van der Waals surface area contributed by atoms with Gasteiger partial charge in [0.15, 0.2) is 0 Å². The molecule has 0 bridgehead atoms. The zero-order chi connectivity index (χ0) is 22.6. The van der Waals surface area contributed by atoms with Crippen LogP contribution in [0.1, 0.15) is 34.3 Å². The third-order valence-corrected chi connectivity index (χ3v) is 6.97. The molecule has 2 aliphatic heterocycles. The molecule has 0 atom stereocenters. The maximum atomic E-state index is 13.2. The fourth-order valence-electron chi connectivity index (χ4n) is 5.06. The van der Waals surface area contributed by atoms with E-state index in [1.54, 1.807) is 0 Å². The van der Waals surface area contributed by atoms with Crippen LogP contribution in [-0.4, -0.2) is 38.1 Å². The number of anilines is 3. The lowest BCUT2D eigenvalue weighted by atomic mass is 10.0. The van der Waals surface area contributed by atoms with E-state index in [-0.39, 0.29) is 5.91 Å². The van der Waals surface area contributed by atoms with Crippen molar-refractivity contribution in [1.29, 1.82) is 0 Å². The number of piperidine rings is 1. The van der Waals surface area contributed by atoms with Crippen LogP contribution in [0.15, 0.2) is 72.8 Å². The van der Waals surface area contributed by atoms with Crippen molar-refractivity contribution in [2.75, 3.05) is 41.7 Å². The molecule has 2 aliphatic rings. The van der Waals surface area contributed by atoms with Gasteiger partial charge >= 0.3 is 0 Å². The van der Waals surface area contributed by atoms with E-state index in [4.69, 9.17) is 5.73 Å². The number of benzene rings is 3. The van der Waals surface area contributed by atoms with E-state index in [2.05, 4.69) is 34.5 Å². The molecule has 3 N–H and O–H groups in total. The fraction of sp³-hybridized carbons (Fsp3) is 0.321. The van der Waals surface area contributed by atoms with Crippen molar-refractivity contribution in [2.45, 2.75) is 31.7 Å². The molecule has 0 spiro atoms. The van der Waals surface area contributed by atoms with E-state index in [9.17, 15) is 4.79 Å². The van der Waals surface area contributed by atoms with Crippen LogP contribution in [0.3, 0.4) is 0 Å². The van der Waals surface area contributed by atoms with Gasteiger partial charge in [-0.15, -0.1) is 0 Å². The highest BCUT2D eigenvalue weighted by atomic mass is 16.2. The number of carbonyl (C=O) groups is 1. The van der Waals surface area contributed by atoms with Crippen LogP contribution in [0.2, 0.25) is 0 Å². The van der Waals surface area contributed by atoms with E-state index in [0.717, 1.165) is 74.5 Å². The zero-order valence-electron chi connectivity index (χ0n) is 19.0. The van der Waals surface area contributed by atoms with Crippen LogP contribution in [0.5, 0.6) is 0 Å².